The zero-order valence-electron chi connectivity index (χ0n) is 15.0. The lowest BCUT2D eigenvalue weighted by molar-refractivity contribution is -0.191. The maximum atomic E-state index is 12.1. The summed E-state index contributed by atoms with van der Waals surface area (Å²) in [6.45, 7) is 8.70. The van der Waals surface area contributed by atoms with Crippen LogP contribution in [0.4, 0.5) is 0 Å². The van der Waals surface area contributed by atoms with E-state index in [0.717, 1.165) is 42.2 Å². The zero-order valence-corrected chi connectivity index (χ0v) is 15.0. The predicted molar refractivity (Wildman–Crippen MR) is 91.8 cm³/mol. The molecule has 128 valence electrons. The fourth-order valence-corrected chi connectivity index (χ4v) is 3.46. The van der Waals surface area contributed by atoms with Gasteiger partial charge in [0.1, 0.15) is 0 Å². The molecule has 1 unspecified atom stereocenters. The summed E-state index contributed by atoms with van der Waals surface area (Å²) in [5.74, 6) is 0.579. The molecule has 0 spiro atoms. The fourth-order valence-electron chi connectivity index (χ4n) is 3.46. The van der Waals surface area contributed by atoms with Gasteiger partial charge < -0.3 is 0 Å². The Balaban J connectivity index is 2.71. The summed E-state index contributed by atoms with van der Waals surface area (Å²) in [7, 11) is 0. The molecule has 0 fully saturated rings. The molecule has 0 bridgehead atoms. The molecule has 1 aliphatic rings. The molecular weight excluding hydrogens is 274 g/mol. The van der Waals surface area contributed by atoms with Gasteiger partial charge in [-0.1, -0.05) is 77.4 Å². The van der Waals surface area contributed by atoms with Gasteiger partial charge in [0.25, 0.3) is 5.91 Å². The number of nitrogens with zero attached hydrogens (tertiary/aromatic N) is 1. The Labute approximate surface area is 136 Å². The molecule has 1 aliphatic heterocycles. The molecule has 1 rings (SSSR count). The second-order valence-electron chi connectivity index (χ2n) is 7.43. The highest BCUT2D eigenvalue weighted by Gasteiger charge is 2.39. The number of hydrogen-bond acceptors (Lipinski definition) is 2. The first-order chi connectivity index (χ1) is 10.4. The van der Waals surface area contributed by atoms with E-state index in [9.17, 15) is 10.0 Å². The SMILES string of the molecule is CCCCCCC1(CCCCC(C)C)C=C(C)CC(=O)N1O. The normalized spacial score (nSPS) is 22.4. The highest BCUT2D eigenvalue weighted by atomic mass is 16.5. The second kappa shape index (κ2) is 9.34. The second-order valence-corrected chi connectivity index (χ2v) is 7.43. The van der Waals surface area contributed by atoms with Crippen molar-refractivity contribution >= 4 is 5.91 Å². The summed E-state index contributed by atoms with van der Waals surface area (Å²) in [4.78, 5) is 12.1. The number of unbranched alkanes of at least 4 members (excludes halogenated alkanes) is 4. The molecule has 0 radical (unpaired) electrons. The van der Waals surface area contributed by atoms with Crippen molar-refractivity contribution in [3.8, 4) is 0 Å². The van der Waals surface area contributed by atoms with Crippen LogP contribution >= 0.6 is 0 Å². The van der Waals surface area contributed by atoms with Gasteiger partial charge in [-0.25, -0.2) is 5.06 Å². The van der Waals surface area contributed by atoms with E-state index in [1.54, 1.807) is 0 Å². The lowest BCUT2D eigenvalue weighted by Crippen LogP contribution is -2.51. The van der Waals surface area contributed by atoms with Crippen LogP contribution in [0.1, 0.15) is 91.9 Å². The van der Waals surface area contributed by atoms with Gasteiger partial charge in [-0.2, -0.15) is 0 Å². The van der Waals surface area contributed by atoms with Crippen molar-refractivity contribution in [1.82, 2.24) is 5.06 Å². The Hall–Kier alpha value is -0.830. The Kier molecular flexibility index (Phi) is 8.16. The van der Waals surface area contributed by atoms with Crippen LogP contribution in [0.15, 0.2) is 11.6 Å². The Morgan fingerprint density at radius 3 is 2.41 bits per heavy atom. The van der Waals surface area contributed by atoms with E-state index in [-0.39, 0.29) is 5.91 Å². The molecule has 1 atom stereocenters. The summed E-state index contributed by atoms with van der Waals surface area (Å²) in [6, 6.07) is 0. The number of carbonyl (C=O) groups is 1. The fraction of sp³-hybridized carbons (Fsp3) is 0.842. The van der Waals surface area contributed by atoms with Gasteiger partial charge in [0.2, 0.25) is 0 Å². The van der Waals surface area contributed by atoms with E-state index < -0.39 is 5.54 Å². The number of hydrogen-bond donors (Lipinski definition) is 1. The number of amides is 1. The summed E-state index contributed by atoms with van der Waals surface area (Å²) < 4.78 is 0. The van der Waals surface area contributed by atoms with Gasteiger partial charge in [0.15, 0.2) is 0 Å². The van der Waals surface area contributed by atoms with Crippen LogP contribution in [0.3, 0.4) is 0 Å². The standard InChI is InChI=1S/C19H35NO2/c1-5-6-7-9-12-19(13-10-8-11-16(2)3)15-17(4)14-18(21)20(19)22/h15-16,22H,5-14H2,1-4H3. The molecule has 1 N–H and O–H groups in total. The third kappa shape index (κ3) is 5.75. The predicted octanol–water partition coefficient (Wildman–Crippen LogP) is 5.48. The van der Waals surface area contributed by atoms with Crippen molar-refractivity contribution in [2.24, 2.45) is 5.92 Å². The van der Waals surface area contributed by atoms with E-state index >= 15 is 0 Å². The minimum Gasteiger partial charge on any atom is -0.285 e. The minimum absolute atomic E-state index is 0.139. The maximum Gasteiger partial charge on any atom is 0.250 e. The maximum absolute atomic E-state index is 12.1. The van der Waals surface area contributed by atoms with Crippen molar-refractivity contribution in [2.45, 2.75) is 97.4 Å². The number of rotatable bonds is 10. The van der Waals surface area contributed by atoms with Crippen LogP contribution in [0, 0.1) is 5.92 Å². The summed E-state index contributed by atoms with van der Waals surface area (Å²) in [5.41, 5.74) is 0.652. The van der Waals surface area contributed by atoms with E-state index in [1.165, 1.54) is 32.1 Å². The first-order valence-corrected chi connectivity index (χ1v) is 9.11. The molecule has 0 aromatic rings. The van der Waals surface area contributed by atoms with Crippen molar-refractivity contribution in [1.29, 1.82) is 0 Å². The van der Waals surface area contributed by atoms with Gasteiger partial charge >= 0.3 is 0 Å². The summed E-state index contributed by atoms with van der Waals surface area (Å²) in [5, 5.41) is 11.5. The average Bonchev–Trinajstić information content (AvgIpc) is 2.45. The zero-order chi connectivity index (χ0) is 16.6. The molecule has 0 aliphatic carbocycles. The highest BCUT2D eigenvalue weighted by molar-refractivity contribution is 5.80. The molecule has 0 aromatic heterocycles. The minimum atomic E-state index is -0.454. The first-order valence-electron chi connectivity index (χ1n) is 9.11. The molecule has 1 heterocycles. The largest absolute Gasteiger partial charge is 0.285 e. The quantitative estimate of drug-likeness (QED) is 0.330. The van der Waals surface area contributed by atoms with Crippen molar-refractivity contribution in [2.75, 3.05) is 0 Å². The number of hydroxylamine groups is 2. The third-order valence-corrected chi connectivity index (χ3v) is 4.71. The molecule has 0 saturated carbocycles. The summed E-state index contributed by atoms with van der Waals surface area (Å²) in [6.07, 6.45) is 12.4. The van der Waals surface area contributed by atoms with Crippen LogP contribution in [0.25, 0.3) is 0 Å². The molecule has 22 heavy (non-hydrogen) atoms. The molecule has 3 heteroatoms. The van der Waals surface area contributed by atoms with Crippen molar-refractivity contribution < 1.29 is 10.0 Å². The molecule has 3 nitrogen and oxygen atoms in total. The van der Waals surface area contributed by atoms with E-state index in [2.05, 4.69) is 26.8 Å². The Morgan fingerprint density at radius 1 is 1.18 bits per heavy atom. The highest BCUT2D eigenvalue weighted by Crippen LogP contribution is 2.35. The monoisotopic (exact) mass is 309 g/mol. The van der Waals surface area contributed by atoms with Gasteiger partial charge in [0, 0.05) is 6.42 Å². The molecular formula is C19H35NO2. The lowest BCUT2D eigenvalue weighted by atomic mass is 9.81. The molecule has 0 saturated heterocycles. The van der Waals surface area contributed by atoms with Crippen LogP contribution in [-0.2, 0) is 4.79 Å². The van der Waals surface area contributed by atoms with Crippen LogP contribution in [0.5, 0.6) is 0 Å². The Morgan fingerprint density at radius 2 is 1.82 bits per heavy atom. The van der Waals surface area contributed by atoms with Crippen LogP contribution < -0.4 is 0 Å². The van der Waals surface area contributed by atoms with E-state index in [4.69, 9.17) is 0 Å². The van der Waals surface area contributed by atoms with Crippen LogP contribution in [0.2, 0.25) is 0 Å². The van der Waals surface area contributed by atoms with Crippen molar-refractivity contribution in [3.63, 3.8) is 0 Å². The molecule has 1 amide bonds. The number of carbonyl (C=O) groups excluding carboxylic acids is 1. The van der Waals surface area contributed by atoms with E-state index in [1.807, 2.05) is 6.92 Å². The topological polar surface area (TPSA) is 40.5 Å². The van der Waals surface area contributed by atoms with Gasteiger partial charge in [-0.3, -0.25) is 10.0 Å². The lowest BCUT2D eigenvalue weighted by Gasteiger charge is -2.41. The Bertz CT molecular complexity index is 376. The third-order valence-electron chi connectivity index (χ3n) is 4.71. The summed E-state index contributed by atoms with van der Waals surface area (Å²) >= 11 is 0. The smallest absolute Gasteiger partial charge is 0.250 e. The van der Waals surface area contributed by atoms with E-state index in [0.29, 0.717) is 6.42 Å². The average molecular weight is 309 g/mol. The molecule has 0 aromatic carbocycles. The van der Waals surface area contributed by atoms with Gasteiger partial charge in [0.05, 0.1) is 5.54 Å². The van der Waals surface area contributed by atoms with Gasteiger partial charge in [-0.15, -0.1) is 0 Å². The first kappa shape index (κ1) is 19.2. The van der Waals surface area contributed by atoms with Crippen molar-refractivity contribution in [3.05, 3.63) is 11.6 Å². The van der Waals surface area contributed by atoms with Gasteiger partial charge in [-0.05, 0) is 25.7 Å². The van der Waals surface area contributed by atoms with Crippen LogP contribution in [-0.4, -0.2) is 21.7 Å².